The van der Waals surface area contributed by atoms with Crippen LogP contribution in [-0.2, 0) is 13.0 Å². The first-order chi connectivity index (χ1) is 13.6. The van der Waals surface area contributed by atoms with Crippen LogP contribution >= 0.6 is 11.3 Å². The fraction of sp³-hybridized carbons (Fsp3) is 0.300. The van der Waals surface area contributed by atoms with Crippen LogP contribution in [0.2, 0.25) is 0 Å². The lowest BCUT2D eigenvalue weighted by Crippen LogP contribution is -2.24. The van der Waals surface area contributed by atoms with E-state index < -0.39 is 0 Å². The zero-order valence-corrected chi connectivity index (χ0v) is 16.2. The number of benzene rings is 1. The van der Waals surface area contributed by atoms with E-state index in [1.165, 1.54) is 11.3 Å². The average molecular weight is 393 g/mol. The Morgan fingerprint density at radius 1 is 1.29 bits per heavy atom. The largest absolute Gasteiger partial charge is 0.319 e. The van der Waals surface area contributed by atoms with Crippen LogP contribution in [0.25, 0.3) is 21.1 Å². The van der Waals surface area contributed by atoms with Gasteiger partial charge in [-0.3, -0.25) is 19.3 Å². The molecule has 0 saturated carbocycles. The number of thiophene rings is 1. The van der Waals surface area contributed by atoms with Crippen molar-refractivity contribution in [1.82, 2.24) is 19.7 Å². The number of anilines is 1. The minimum Gasteiger partial charge on any atom is -0.319 e. The predicted octanol–water partition coefficient (Wildman–Crippen LogP) is 3.62. The van der Waals surface area contributed by atoms with Crippen LogP contribution < -0.4 is 10.9 Å². The molecule has 1 amide bonds. The number of rotatable bonds is 2. The Morgan fingerprint density at radius 2 is 2.18 bits per heavy atom. The summed E-state index contributed by atoms with van der Waals surface area (Å²) in [5.74, 6) is 0.604. The summed E-state index contributed by atoms with van der Waals surface area (Å²) >= 11 is 1.29. The maximum Gasteiger partial charge on any atom is 0.266 e. The van der Waals surface area contributed by atoms with E-state index in [0.29, 0.717) is 32.9 Å². The molecule has 0 aliphatic carbocycles. The quantitative estimate of drug-likeness (QED) is 0.544. The summed E-state index contributed by atoms with van der Waals surface area (Å²) in [6.07, 6.45) is 5.68. The molecule has 7 nitrogen and oxygen atoms in total. The van der Waals surface area contributed by atoms with E-state index in [0.717, 1.165) is 42.4 Å². The van der Waals surface area contributed by atoms with Gasteiger partial charge in [-0.2, -0.15) is 5.10 Å². The number of aryl methyl sites for hydroxylation is 2. The van der Waals surface area contributed by atoms with E-state index in [9.17, 15) is 9.59 Å². The number of carbonyl (C=O) groups excluding carboxylic acids is 1. The van der Waals surface area contributed by atoms with E-state index in [1.807, 2.05) is 25.1 Å². The van der Waals surface area contributed by atoms with Gasteiger partial charge in [0.2, 0.25) is 0 Å². The minimum atomic E-state index is -0.234. The summed E-state index contributed by atoms with van der Waals surface area (Å²) in [4.78, 5) is 32.0. The van der Waals surface area contributed by atoms with Crippen molar-refractivity contribution in [3.63, 3.8) is 0 Å². The van der Waals surface area contributed by atoms with Crippen molar-refractivity contribution in [2.24, 2.45) is 0 Å². The summed E-state index contributed by atoms with van der Waals surface area (Å²) < 4.78 is 1.79. The molecule has 0 radical (unpaired) electrons. The molecule has 142 valence electrons. The molecule has 0 spiro atoms. The Balaban J connectivity index is 1.58. The Kier molecular flexibility index (Phi) is 4.01. The molecular formula is C20H19N5O2S. The topological polar surface area (TPSA) is 92.7 Å². The first kappa shape index (κ1) is 17.1. The summed E-state index contributed by atoms with van der Waals surface area (Å²) in [5, 5.41) is 11.4. The molecule has 0 unspecified atom stereocenters. The van der Waals surface area contributed by atoms with Crippen LogP contribution in [0.4, 0.5) is 5.69 Å². The van der Waals surface area contributed by atoms with Gasteiger partial charge >= 0.3 is 0 Å². The average Bonchev–Trinajstić information content (AvgIpc) is 3.21. The van der Waals surface area contributed by atoms with Crippen LogP contribution in [0.3, 0.4) is 0 Å². The third-order valence-corrected chi connectivity index (χ3v) is 6.53. The second-order valence-corrected chi connectivity index (χ2v) is 8.12. The molecular weight excluding hydrogens is 374 g/mol. The summed E-state index contributed by atoms with van der Waals surface area (Å²) in [7, 11) is 0. The Labute approximate surface area is 164 Å². The Morgan fingerprint density at radius 3 is 3.07 bits per heavy atom. The van der Waals surface area contributed by atoms with E-state index >= 15 is 0 Å². The number of H-pyrrole nitrogens is 1. The van der Waals surface area contributed by atoms with Gasteiger partial charge in [0, 0.05) is 18.4 Å². The van der Waals surface area contributed by atoms with E-state index in [4.69, 9.17) is 4.98 Å². The summed E-state index contributed by atoms with van der Waals surface area (Å²) in [6.45, 7) is 2.53. The molecule has 0 atom stereocenters. The number of hydrogen-bond acceptors (Lipinski definition) is 5. The Bertz CT molecular complexity index is 1280. The zero-order valence-electron chi connectivity index (χ0n) is 15.4. The molecule has 8 heteroatoms. The molecule has 1 aliphatic heterocycles. The van der Waals surface area contributed by atoms with Gasteiger partial charge in [-0.1, -0.05) is 18.6 Å². The van der Waals surface area contributed by atoms with Crippen molar-refractivity contribution < 1.29 is 4.79 Å². The second kappa shape index (κ2) is 6.56. The van der Waals surface area contributed by atoms with Crippen molar-refractivity contribution in [2.45, 2.75) is 39.2 Å². The van der Waals surface area contributed by atoms with Crippen molar-refractivity contribution >= 4 is 44.1 Å². The number of nitrogens with zero attached hydrogens (tertiary/aromatic N) is 3. The molecule has 4 aromatic rings. The monoisotopic (exact) mass is 393 g/mol. The van der Waals surface area contributed by atoms with Crippen molar-refractivity contribution in [3.8, 4) is 0 Å². The van der Waals surface area contributed by atoms with Gasteiger partial charge in [-0.05, 0) is 31.4 Å². The van der Waals surface area contributed by atoms with Gasteiger partial charge < -0.3 is 5.32 Å². The molecule has 3 aromatic heterocycles. The lowest BCUT2D eigenvalue weighted by Gasteiger charge is -2.08. The first-order valence-corrected chi connectivity index (χ1v) is 10.2. The number of aromatic nitrogens is 4. The van der Waals surface area contributed by atoms with E-state index in [1.54, 1.807) is 10.8 Å². The number of fused-ring (bicyclic) bond motifs is 3. The highest BCUT2D eigenvalue weighted by molar-refractivity contribution is 7.20. The summed E-state index contributed by atoms with van der Waals surface area (Å²) in [6, 6.07) is 5.63. The molecule has 0 saturated heterocycles. The number of para-hydroxylation sites is 1. The van der Waals surface area contributed by atoms with Crippen molar-refractivity contribution in [1.29, 1.82) is 0 Å². The maximum absolute atomic E-state index is 13.1. The lowest BCUT2D eigenvalue weighted by atomic mass is 10.2. The van der Waals surface area contributed by atoms with Gasteiger partial charge in [-0.25, -0.2) is 4.98 Å². The van der Waals surface area contributed by atoms with Crippen LogP contribution in [0, 0.1) is 6.92 Å². The second-order valence-electron chi connectivity index (χ2n) is 7.13. The standard InChI is InChI=1S/C20H19N5O2S/c1-11-15-19(23-14-8-3-2-4-9-25(14)20(15)27)28-17(11)18(26)22-13-7-5-6-12-10-21-24-16(12)13/h5-7,10H,2-4,8-9H2,1H3,(H,21,24)(H,22,26). The van der Waals surface area contributed by atoms with Crippen molar-refractivity contribution in [3.05, 3.63) is 51.0 Å². The van der Waals surface area contributed by atoms with Crippen LogP contribution in [0.15, 0.2) is 29.2 Å². The molecule has 1 aliphatic rings. The number of amides is 1. The predicted molar refractivity (Wildman–Crippen MR) is 110 cm³/mol. The van der Waals surface area contributed by atoms with Crippen molar-refractivity contribution in [2.75, 3.05) is 5.32 Å². The molecule has 0 bridgehead atoms. The van der Waals surface area contributed by atoms with Crippen LogP contribution in [0.1, 0.15) is 40.3 Å². The highest BCUT2D eigenvalue weighted by Gasteiger charge is 2.22. The maximum atomic E-state index is 13.1. The molecule has 1 aromatic carbocycles. The number of nitrogens with one attached hydrogen (secondary N) is 2. The number of hydrogen-bond donors (Lipinski definition) is 2. The third kappa shape index (κ3) is 2.63. The molecule has 4 heterocycles. The van der Waals surface area contributed by atoms with Crippen LogP contribution in [0.5, 0.6) is 0 Å². The van der Waals surface area contributed by atoms with Gasteiger partial charge in [0.25, 0.3) is 11.5 Å². The smallest absolute Gasteiger partial charge is 0.266 e. The Hall–Kier alpha value is -3.00. The fourth-order valence-electron chi connectivity index (χ4n) is 3.88. The summed E-state index contributed by atoms with van der Waals surface area (Å²) in [5.41, 5.74) is 2.12. The molecule has 0 fully saturated rings. The van der Waals surface area contributed by atoms with Crippen LogP contribution in [-0.4, -0.2) is 25.7 Å². The SMILES string of the molecule is Cc1c(C(=O)Nc2cccc3cn[nH]c23)sc2nc3n(c(=O)c12)CCCCC3. The fourth-order valence-corrected chi connectivity index (χ4v) is 4.96. The minimum absolute atomic E-state index is 0.0228. The number of carbonyl (C=O) groups is 1. The highest BCUT2D eigenvalue weighted by Crippen LogP contribution is 2.30. The number of aromatic amines is 1. The van der Waals surface area contributed by atoms with Gasteiger partial charge in [0.15, 0.2) is 0 Å². The lowest BCUT2D eigenvalue weighted by molar-refractivity contribution is 0.103. The normalized spacial score (nSPS) is 14.2. The van der Waals surface area contributed by atoms with Gasteiger partial charge in [-0.15, -0.1) is 11.3 Å². The zero-order chi connectivity index (χ0) is 19.3. The molecule has 2 N–H and O–H groups in total. The van der Waals surface area contributed by atoms with E-state index in [-0.39, 0.29) is 11.5 Å². The van der Waals surface area contributed by atoms with E-state index in [2.05, 4.69) is 15.5 Å². The molecule has 28 heavy (non-hydrogen) atoms. The van der Waals surface area contributed by atoms with Gasteiger partial charge in [0.1, 0.15) is 10.7 Å². The molecule has 5 rings (SSSR count). The third-order valence-electron chi connectivity index (χ3n) is 5.34. The van der Waals surface area contributed by atoms with Gasteiger partial charge in [0.05, 0.1) is 27.7 Å². The first-order valence-electron chi connectivity index (χ1n) is 9.40. The highest BCUT2D eigenvalue weighted by atomic mass is 32.1.